The molecule has 8 nitrogen and oxygen atoms in total. The van der Waals surface area contributed by atoms with E-state index in [4.69, 9.17) is 8.92 Å². The highest BCUT2D eigenvalue weighted by atomic mass is 32.2. The zero-order chi connectivity index (χ0) is 24.9. The van der Waals surface area contributed by atoms with Crippen molar-refractivity contribution in [3.8, 4) is 22.9 Å². The van der Waals surface area contributed by atoms with Crippen LogP contribution in [0.3, 0.4) is 0 Å². The fraction of sp³-hybridized carbons (Fsp3) is 0.333. The van der Waals surface area contributed by atoms with Crippen LogP contribution in [0.25, 0.3) is 22.2 Å². The summed E-state index contributed by atoms with van der Waals surface area (Å²) >= 11 is 0. The lowest BCUT2D eigenvalue weighted by molar-refractivity contribution is 0.0630. The smallest absolute Gasteiger partial charge is 0.339 e. The number of nitrogens with one attached hydrogen (secondary N) is 1. The van der Waals surface area contributed by atoms with Gasteiger partial charge in [-0.1, -0.05) is 23.8 Å². The maximum absolute atomic E-state index is 12.7. The fourth-order valence-electron chi connectivity index (χ4n) is 5.35. The van der Waals surface area contributed by atoms with E-state index in [0.29, 0.717) is 29.0 Å². The standard InChI is InChI=1S/C27H28N4O4S/c1-17-3-8-22(9-4-17)36(32,33)35-26-15-28-24-11-18(5-10-23(24)26)25-14-30-27(16-29-25)34-21-12-19-6-7-20(13-21)31(19)2/h3-5,8-11,14-16,19-21,28H,6-7,12-13H2,1-2H3. The van der Waals surface area contributed by atoms with E-state index in [1.54, 1.807) is 42.9 Å². The van der Waals surface area contributed by atoms with Gasteiger partial charge in [-0.15, -0.1) is 0 Å². The highest BCUT2D eigenvalue weighted by Crippen LogP contribution is 2.36. The van der Waals surface area contributed by atoms with Gasteiger partial charge in [-0.2, -0.15) is 8.42 Å². The van der Waals surface area contributed by atoms with Crippen molar-refractivity contribution in [1.29, 1.82) is 0 Å². The Morgan fingerprint density at radius 3 is 2.44 bits per heavy atom. The highest BCUT2D eigenvalue weighted by Gasteiger charge is 2.39. The SMILES string of the molecule is Cc1ccc(S(=O)(=O)Oc2c[nH]c3cc(-c4cnc(OC5CC6CCC(C5)N6C)cn4)ccc23)cc1. The Morgan fingerprint density at radius 2 is 1.75 bits per heavy atom. The second-order valence-electron chi connectivity index (χ2n) is 9.77. The van der Waals surface area contributed by atoms with Crippen molar-refractivity contribution in [2.45, 2.75) is 55.7 Å². The molecule has 6 rings (SSSR count). The van der Waals surface area contributed by atoms with Gasteiger partial charge in [0.2, 0.25) is 5.88 Å². The van der Waals surface area contributed by atoms with Crippen LogP contribution in [0.4, 0.5) is 0 Å². The number of nitrogens with zero attached hydrogens (tertiary/aromatic N) is 3. The molecule has 0 aliphatic carbocycles. The number of ether oxygens (including phenoxy) is 1. The number of aryl methyl sites for hydroxylation is 1. The number of benzene rings is 2. The van der Waals surface area contributed by atoms with Gasteiger partial charge in [0.1, 0.15) is 11.0 Å². The molecule has 2 aromatic carbocycles. The lowest BCUT2D eigenvalue weighted by Gasteiger charge is -2.35. The summed E-state index contributed by atoms with van der Waals surface area (Å²) in [6.45, 7) is 1.90. The van der Waals surface area contributed by atoms with Gasteiger partial charge in [0.25, 0.3) is 0 Å². The van der Waals surface area contributed by atoms with Crippen molar-refractivity contribution >= 4 is 21.0 Å². The van der Waals surface area contributed by atoms with Crippen molar-refractivity contribution < 1.29 is 17.3 Å². The molecule has 1 N–H and O–H groups in total. The Morgan fingerprint density at radius 1 is 1.00 bits per heavy atom. The molecule has 0 saturated carbocycles. The molecule has 2 bridgehead atoms. The Bertz CT molecular complexity index is 1490. The molecule has 4 aromatic rings. The monoisotopic (exact) mass is 504 g/mol. The molecule has 2 aliphatic heterocycles. The van der Waals surface area contributed by atoms with Crippen molar-refractivity contribution in [3.05, 3.63) is 66.6 Å². The van der Waals surface area contributed by atoms with E-state index < -0.39 is 10.1 Å². The number of rotatable bonds is 6. The predicted molar refractivity (Wildman–Crippen MR) is 137 cm³/mol. The third-order valence-electron chi connectivity index (χ3n) is 7.42. The van der Waals surface area contributed by atoms with E-state index >= 15 is 0 Å². The van der Waals surface area contributed by atoms with Crippen LogP contribution in [0.15, 0.2) is 66.0 Å². The van der Waals surface area contributed by atoms with Crippen LogP contribution in [0.5, 0.6) is 11.6 Å². The first kappa shape index (κ1) is 23.0. The van der Waals surface area contributed by atoms with E-state index in [2.05, 4.69) is 26.9 Å². The topological polar surface area (TPSA) is 97.4 Å². The third-order valence-corrected chi connectivity index (χ3v) is 8.67. The number of aromatic nitrogens is 3. The lowest BCUT2D eigenvalue weighted by atomic mass is 10.0. The zero-order valence-electron chi connectivity index (χ0n) is 20.2. The van der Waals surface area contributed by atoms with Crippen molar-refractivity contribution in [1.82, 2.24) is 19.9 Å². The van der Waals surface area contributed by atoms with E-state index in [1.807, 2.05) is 25.1 Å². The third kappa shape index (κ3) is 4.33. The van der Waals surface area contributed by atoms with Gasteiger partial charge in [0, 0.05) is 34.7 Å². The predicted octanol–water partition coefficient (Wildman–Crippen LogP) is 4.71. The molecule has 0 spiro atoms. The molecule has 36 heavy (non-hydrogen) atoms. The Kier molecular flexibility index (Phi) is 5.69. The molecule has 2 fully saturated rings. The number of fused-ring (bicyclic) bond motifs is 3. The van der Waals surface area contributed by atoms with Crippen molar-refractivity contribution in [3.63, 3.8) is 0 Å². The van der Waals surface area contributed by atoms with Crippen LogP contribution >= 0.6 is 0 Å². The summed E-state index contributed by atoms with van der Waals surface area (Å²) in [5.41, 5.74) is 3.28. The number of H-pyrrole nitrogens is 1. The summed E-state index contributed by atoms with van der Waals surface area (Å²) in [4.78, 5) is 14.8. The number of hydrogen-bond donors (Lipinski definition) is 1. The summed E-state index contributed by atoms with van der Waals surface area (Å²) in [5.74, 6) is 0.796. The Labute approximate surface area is 210 Å². The van der Waals surface area contributed by atoms with Crippen LogP contribution in [-0.4, -0.2) is 53.5 Å². The summed E-state index contributed by atoms with van der Waals surface area (Å²) in [5, 5.41) is 0.666. The second kappa shape index (κ2) is 8.90. The van der Waals surface area contributed by atoms with E-state index in [1.165, 1.54) is 12.8 Å². The van der Waals surface area contributed by atoms with Gasteiger partial charge < -0.3 is 18.8 Å². The molecular weight excluding hydrogens is 476 g/mol. The summed E-state index contributed by atoms with van der Waals surface area (Å²) in [6.07, 6.45) is 9.68. The molecule has 2 aliphatic rings. The van der Waals surface area contributed by atoms with Gasteiger partial charge in [-0.25, -0.2) is 9.97 Å². The summed E-state index contributed by atoms with van der Waals surface area (Å²) in [6, 6.07) is 13.4. The first-order chi connectivity index (χ1) is 17.4. The molecule has 0 radical (unpaired) electrons. The van der Waals surface area contributed by atoms with Gasteiger partial charge in [0.05, 0.1) is 18.1 Å². The zero-order valence-corrected chi connectivity index (χ0v) is 21.0. The van der Waals surface area contributed by atoms with Gasteiger partial charge in [-0.3, -0.25) is 0 Å². The molecular formula is C27H28N4O4S. The minimum Gasteiger partial charge on any atom is -0.473 e. The molecule has 0 amide bonds. The van der Waals surface area contributed by atoms with Gasteiger partial charge in [0.15, 0.2) is 5.75 Å². The molecule has 2 saturated heterocycles. The van der Waals surface area contributed by atoms with Gasteiger partial charge >= 0.3 is 10.1 Å². The lowest BCUT2D eigenvalue weighted by Crippen LogP contribution is -2.43. The molecule has 186 valence electrons. The quantitative estimate of drug-likeness (QED) is 0.380. The first-order valence-electron chi connectivity index (χ1n) is 12.2. The average molecular weight is 505 g/mol. The Balaban J connectivity index is 1.17. The second-order valence-corrected chi connectivity index (χ2v) is 11.3. The van der Waals surface area contributed by atoms with Crippen LogP contribution in [0.1, 0.15) is 31.2 Å². The maximum atomic E-state index is 12.7. The number of aromatic amines is 1. The van der Waals surface area contributed by atoms with E-state index in [0.717, 1.165) is 29.5 Å². The molecule has 2 unspecified atom stereocenters. The van der Waals surface area contributed by atoms with Crippen LogP contribution in [0, 0.1) is 6.92 Å². The van der Waals surface area contributed by atoms with Crippen molar-refractivity contribution in [2.75, 3.05) is 7.05 Å². The maximum Gasteiger partial charge on any atom is 0.339 e. The van der Waals surface area contributed by atoms with Crippen LogP contribution in [0.2, 0.25) is 0 Å². The van der Waals surface area contributed by atoms with Gasteiger partial charge in [-0.05, 0) is 63.9 Å². The van der Waals surface area contributed by atoms with Crippen molar-refractivity contribution in [2.24, 2.45) is 0 Å². The molecule has 9 heteroatoms. The minimum absolute atomic E-state index is 0.115. The Hall–Kier alpha value is -3.43. The number of hydrogen-bond acceptors (Lipinski definition) is 7. The minimum atomic E-state index is -3.94. The van der Waals surface area contributed by atoms with E-state index in [-0.39, 0.29) is 16.7 Å². The largest absolute Gasteiger partial charge is 0.473 e. The number of piperidine rings is 1. The normalized spacial score (nSPS) is 22.1. The fourth-order valence-corrected chi connectivity index (χ4v) is 6.29. The highest BCUT2D eigenvalue weighted by molar-refractivity contribution is 7.87. The molecule has 2 atom stereocenters. The average Bonchev–Trinajstić information content (AvgIpc) is 3.33. The van der Waals surface area contributed by atoms with Crippen LogP contribution in [-0.2, 0) is 10.1 Å². The molecule has 4 heterocycles. The first-order valence-corrected chi connectivity index (χ1v) is 13.6. The van der Waals surface area contributed by atoms with E-state index in [9.17, 15) is 8.42 Å². The van der Waals surface area contributed by atoms with Crippen LogP contribution < -0.4 is 8.92 Å². The summed E-state index contributed by atoms with van der Waals surface area (Å²) in [7, 11) is -1.72. The summed E-state index contributed by atoms with van der Waals surface area (Å²) < 4.78 is 37.0. The molecule has 2 aromatic heterocycles.